The Labute approximate surface area is 137 Å². The van der Waals surface area contributed by atoms with E-state index in [0.717, 1.165) is 4.57 Å². The van der Waals surface area contributed by atoms with Crippen molar-refractivity contribution in [3.63, 3.8) is 0 Å². The van der Waals surface area contributed by atoms with Crippen LogP contribution in [-0.2, 0) is 6.18 Å². The molecule has 24 heavy (non-hydrogen) atoms. The van der Waals surface area contributed by atoms with Gasteiger partial charge in [-0.15, -0.1) is 0 Å². The highest BCUT2D eigenvalue weighted by molar-refractivity contribution is 5.97. The van der Waals surface area contributed by atoms with Crippen LogP contribution in [0, 0.1) is 5.92 Å². The summed E-state index contributed by atoms with van der Waals surface area (Å²) in [6.07, 6.45) is -4.57. The Bertz CT molecular complexity index is 738. The fourth-order valence-electron chi connectivity index (χ4n) is 2.40. The summed E-state index contributed by atoms with van der Waals surface area (Å²) < 4.78 is 40.6. The first kappa shape index (κ1) is 18.3. The third kappa shape index (κ3) is 3.69. The lowest BCUT2D eigenvalue weighted by molar-refractivity contribution is -0.147. The molecular formula is C16H20F3N3O2. The summed E-state index contributed by atoms with van der Waals surface area (Å²) in [5.74, 6) is -1.49. The van der Waals surface area contributed by atoms with Crippen molar-refractivity contribution in [1.82, 2.24) is 14.9 Å². The lowest BCUT2D eigenvalue weighted by Gasteiger charge is -2.14. The van der Waals surface area contributed by atoms with Crippen LogP contribution < -0.4 is 5.32 Å². The highest BCUT2D eigenvalue weighted by Gasteiger charge is 2.38. The number of nitrogens with one attached hydrogen (secondary N) is 1. The molecular weight excluding hydrogens is 323 g/mol. The largest absolute Gasteiger partial charge is 0.449 e. The lowest BCUT2D eigenvalue weighted by Crippen LogP contribution is -2.29. The molecule has 132 valence electrons. The number of aliphatic hydroxyl groups excluding tert-OH is 1. The van der Waals surface area contributed by atoms with Crippen molar-refractivity contribution in [2.45, 2.75) is 33.0 Å². The van der Waals surface area contributed by atoms with Gasteiger partial charge in [0.2, 0.25) is 5.82 Å². The first-order chi connectivity index (χ1) is 11.1. The molecule has 1 heterocycles. The van der Waals surface area contributed by atoms with Crippen molar-refractivity contribution < 1.29 is 23.1 Å². The third-order valence-corrected chi connectivity index (χ3v) is 3.64. The molecule has 0 saturated heterocycles. The Morgan fingerprint density at radius 2 is 2.00 bits per heavy atom. The maximum Gasteiger partial charge on any atom is 0.449 e. The summed E-state index contributed by atoms with van der Waals surface area (Å²) in [4.78, 5) is 15.8. The number of imidazole rings is 1. The van der Waals surface area contributed by atoms with Crippen molar-refractivity contribution in [2.75, 3.05) is 13.2 Å². The number of carbonyl (C=O) groups is 1. The molecule has 1 aromatic heterocycles. The number of hydrogen-bond donors (Lipinski definition) is 2. The topological polar surface area (TPSA) is 67.2 Å². The Morgan fingerprint density at radius 3 is 2.54 bits per heavy atom. The molecule has 2 rings (SSSR count). The molecule has 0 radical (unpaired) electrons. The molecule has 2 N–H and O–H groups in total. The zero-order valence-corrected chi connectivity index (χ0v) is 13.7. The van der Waals surface area contributed by atoms with E-state index in [1.165, 1.54) is 18.2 Å². The molecule has 2 aromatic rings. The van der Waals surface area contributed by atoms with Crippen LogP contribution in [-0.4, -0.2) is 33.7 Å². The van der Waals surface area contributed by atoms with E-state index in [4.69, 9.17) is 5.11 Å². The van der Waals surface area contributed by atoms with Crippen LogP contribution in [0.25, 0.3) is 11.0 Å². The van der Waals surface area contributed by atoms with E-state index in [-0.39, 0.29) is 30.1 Å². The van der Waals surface area contributed by atoms with Crippen molar-refractivity contribution >= 4 is 16.9 Å². The van der Waals surface area contributed by atoms with Gasteiger partial charge in [-0.3, -0.25) is 4.79 Å². The van der Waals surface area contributed by atoms with Gasteiger partial charge in [-0.2, -0.15) is 13.2 Å². The van der Waals surface area contributed by atoms with E-state index in [1.54, 1.807) is 20.8 Å². The van der Waals surface area contributed by atoms with Gasteiger partial charge in [-0.25, -0.2) is 4.98 Å². The lowest BCUT2D eigenvalue weighted by atomic mass is 10.1. The van der Waals surface area contributed by atoms with Crippen LogP contribution in [0.3, 0.4) is 0 Å². The maximum atomic E-state index is 13.2. The number of hydrogen-bond acceptors (Lipinski definition) is 3. The van der Waals surface area contributed by atoms with Crippen LogP contribution in [0.4, 0.5) is 13.2 Å². The fourth-order valence-corrected chi connectivity index (χ4v) is 2.40. The van der Waals surface area contributed by atoms with E-state index in [9.17, 15) is 18.0 Å². The van der Waals surface area contributed by atoms with E-state index < -0.39 is 23.9 Å². The second-order valence-electron chi connectivity index (χ2n) is 6.10. The molecule has 0 bridgehead atoms. The van der Waals surface area contributed by atoms with Crippen LogP contribution >= 0.6 is 0 Å². The van der Waals surface area contributed by atoms with Gasteiger partial charge in [-0.1, -0.05) is 6.92 Å². The van der Waals surface area contributed by atoms with Crippen molar-refractivity contribution in [2.24, 2.45) is 5.92 Å². The number of carbonyl (C=O) groups excluding carboxylic acids is 1. The number of aromatic nitrogens is 2. The molecule has 0 saturated carbocycles. The van der Waals surface area contributed by atoms with Gasteiger partial charge in [0.25, 0.3) is 5.91 Å². The predicted molar refractivity (Wildman–Crippen MR) is 83.7 cm³/mol. The highest BCUT2D eigenvalue weighted by Crippen LogP contribution is 2.33. The van der Waals surface area contributed by atoms with Gasteiger partial charge in [-0.05, 0) is 38.0 Å². The Morgan fingerprint density at radius 1 is 1.33 bits per heavy atom. The predicted octanol–water partition coefficient (Wildman–Crippen LogP) is 2.99. The van der Waals surface area contributed by atoms with Gasteiger partial charge in [0.05, 0.1) is 11.0 Å². The average Bonchev–Trinajstić information content (AvgIpc) is 2.91. The van der Waals surface area contributed by atoms with E-state index in [0.29, 0.717) is 5.52 Å². The number of rotatable bonds is 5. The van der Waals surface area contributed by atoms with E-state index in [1.807, 2.05) is 0 Å². The molecule has 8 heteroatoms. The molecule has 1 atom stereocenters. The normalized spacial score (nSPS) is 13.5. The summed E-state index contributed by atoms with van der Waals surface area (Å²) in [5.41, 5.74) is 0.686. The zero-order valence-electron chi connectivity index (χ0n) is 13.7. The summed E-state index contributed by atoms with van der Waals surface area (Å²) in [6, 6.07) is 3.88. The molecule has 5 nitrogen and oxygen atoms in total. The van der Waals surface area contributed by atoms with Crippen molar-refractivity contribution in [3.05, 3.63) is 29.6 Å². The minimum atomic E-state index is -4.57. The second-order valence-corrected chi connectivity index (χ2v) is 6.10. The fraction of sp³-hybridized carbons (Fsp3) is 0.500. The average molecular weight is 343 g/mol. The maximum absolute atomic E-state index is 13.2. The summed E-state index contributed by atoms with van der Waals surface area (Å²) in [5, 5.41) is 11.6. The van der Waals surface area contributed by atoms with Gasteiger partial charge >= 0.3 is 6.18 Å². The van der Waals surface area contributed by atoms with Crippen LogP contribution in [0.1, 0.15) is 43.0 Å². The first-order valence-corrected chi connectivity index (χ1v) is 7.63. The SMILES string of the molecule is CC(CO)CNC(=O)c1ccc2c(c1)nc(C(F)(F)F)n2C(C)C. The molecule has 0 aliphatic rings. The summed E-state index contributed by atoms with van der Waals surface area (Å²) in [7, 11) is 0. The number of amides is 1. The minimum absolute atomic E-state index is 0.0624. The number of alkyl halides is 3. The highest BCUT2D eigenvalue weighted by atomic mass is 19.4. The van der Waals surface area contributed by atoms with E-state index in [2.05, 4.69) is 10.3 Å². The first-order valence-electron chi connectivity index (χ1n) is 7.63. The minimum Gasteiger partial charge on any atom is -0.396 e. The molecule has 1 unspecified atom stereocenters. The molecule has 0 aliphatic carbocycles. The molecule has 1 amide bonds. The Hall–Kier alpha value is -2.09. The zero-order chi connectivity index (χ0) is 18.1. The van der Waals surface area contributed by atoms with Gasteiger partial charge in [0, 0.05) is 24.8 Å². The van der Waals surface area contributed by atoms with E-state index >= 15 is 0 Å². The standard InChI is InChI=1S/C16H20F3N3O2/c1-9(2)22-13-5-4-11(14(24)20-7-10(3)8-23)6-12(13)21-15(22)16(17,18)19/h4-6,9-10,23H,7-8H2,1-3H3,(H,20,24). The summed E-state index contributed by atoms with van der Waals surface area (Å²) >= 11 is 0. The number of nitrogens with zero attached hydrogens (tertiary/aromatic N) is 2. The van der Waals surface area contributed by atoms with Gasteiger partial charge in [0.1, 0.15) is 0 Å². The van der Waals surface area contributed by atoms with Gasteiger partial charge in [0.15, 0.2) is 0 Å². The number of benzene rings is 1. The van der Waals surface area contributed by atoms with Crippen molar-refractivity contribution in [3.8, 4) is 0 Å². The number of fused-ring (bicyclic) bond motifs is 1. The Balaban J connectivity index is 2.40. The number of aliphatic hydroxyl groups is 1. The smallest absolute Gasteiger partial charge is 0.396 e. The monoisotopic (exact) mass is 343 g/mol. The van der Waals surface area contributed by atoms with Crippen molar-refractivity contribution in [1.29, 1.82) is 0 Å². The second kappa shape index (κ2) is 6.80. The molecule has 0 aliphatic heterocycles. The Kier molecular flexibility index (Phi) is 5.17. The molecule has 1 aromatic carbocycles. The quantitative estimate of drug-likeness (QED) is 0.877. The van der Waals surface area contributed by atoms with Crippen LogP contribution in [0.15, 0.2) is 18.2 Å². The van der Waals surface area contributed by atoms with Crippen LogP contribution in [0.2, 0.25) is 0 Å². The number of halogens is 3. The van der Waals surface area contributed by atoms with Crippen LogP contribution in [0.5, 0.6) is 0 Å². The van der Waals surface area contributed by atoms with Gasteiger partial charge < -0.3 is 15.0 Å². The third-order valence-electron chi connectivity index (χ3n) is 3.64. The summed E-state index contributed by atoms with van der Waals surface area (Å²) in [6.45, 7) is 5.28. The molecule has 0 spiro atoms. The molecule has 0 fully saturated rings.